The zero-order valence-electron chi connectivity index (χ0n) is 16.1. The third-order valence-corrected chi connectivity index (χ3v) is 6.99. The van der Waals surface area contributed by atoms with Crippen LogP contribution in [0, 0.1) is 6.92 Å². The van der Waals surface area contributed by atoms with E-state index < -0.39 is 10.0 Å². The van der Waals surface area contributed by atoms with Crippen molar-refractivity contribution in [1.82, 2.24) is 9.38 Å². The summed E-state index contributed by atoms with van der Waals surface area (Å²) >= 11 is 1.42. The van der Waals surface area contributed by atoms with Gasteiger partial charge in [-0.1, -0.05) is 36.4 Å². The quantitative estimate of drug-likeness (QED) is 0.460. The van der Waals surface area contributed by atoms with Gasteiger partial charge in [0.15, 0.2) is 0 Å². The number of aryl methyl sites for hydroxylation is 1. The molecule has 8 heteroatoms. The second-order valence-electron chi connectivity index (χ2n) is 6.67. The maximum absolute atomic E-state index is 12.7. The molecule has 0 saturated carbocycles. The van der Waals surface area contributed by atoms with E-state index in [9.17, 15) is 13.2 Å². The number of nitrogens with one attached hydrogen (secondary N) is 1. The van der Waals surface area contributed by atoms with E-state index in [4.69, 9.17) is 0 Å². The van der Waals surface area contributed by atoms with Crippen LogP contribution in [0.4, 0.5) is 5.69 Å². The number of sulfonamides is 1. The molecule has 0 bridgehead atoms. The average molecular weight is 438 g/mol. The number of rotatable bonds is 6. The van der Waals surface area contributed by atoms with Gasteiger partial charge in [0, 0.05) is 22.9 Å². The lowest BCUT2D eigenvalue weighted by Gasteiger charge is -2.12. The van der Waals surface area contributed by atoms with Crippen LogP contribution in [0.3, 0.4) is 0 Å². The molecule has 1 N–H and O–H groups in total. The molecular weight excluding hydrogens is 418 g/mol. The lowest BCUT2D eigenvalue weighted by molar-refractivity contribution is 0.601. The van der Waals surface area contributed by atoms with E-state index in [0.29, 0.717) is 22.8 Å². The molecule has 0 radical (unpaired) electrons. The number of fused-ring (bicyclic) bond motifs is 1. The van der Waals surface area contributed by atoms with Crippen LogP contribution in [0.15, 0.2) is 93.6 Å². The highest BCUT2D eigenvalue weighted by atomic mass is 32.2. The Kier molecular flexibility index (Phi) is 5.61. The molecule has 2 aromatic carbocycles. The molecule has 0 saturated heterocycles. The number of para-hydroxylation sites is 1. The minimum Gasteiger partial charge on any atom is -0.278 e. The smallest absolute Gasteiger partial charge is 0.261 e. The first-order valence-corrected chi connectivity index (χ1v) is 11.7. The molecule has 0 fully saturated rings. The number of anilines is 1. The van der Waals surface area contributed by atoms with Gasteiger partial charge in [0.1, 0.15) is 5.65 Å². The molecule has 0 unspecified atom stereocenters. The third kappa shape index (κ3) is 4.24. The van der Waals surface area contributed by atoms with E-state index >= 15 is 0 Å². The number of hydrogen-bond acceptors (Lipinski definition) is 5. The van der Waals surface area contributed by atoms with Crippen molar-refractivity contribution in [2.75, 3.05) is 4.72 Å². The normalized spacial score (nSPS) is 11.5. The van der Waals surface area contributed by atoms with Crippen molar-refractivity contribution < 1.29 is 8.42 Å². The Morgan fingerprint density at radius 3 is 2.53 bits per heavy atom. The Labute approximate surface area is 178 Å². The van der Waals surface area contributed by atoms with Crippen LogP contribution in [0.5, 0.6) is 0 Å². The molecule has 6 nitrogen and oxygen atoms in total. The highest BCUT2D eigenvalue weighted by molar-refractivity contribution is 7.98. The average Bonchev–Trinajstić information content (AvgIpc) is 2.74. The monoisotopic (exact) mass is 437 g/mol. The van der Waals surface area contributed by atoms with Crippen molar-refractivity contribution in [3.05, 3.63) is 101 Å². The first-order chi connectivity index (χ1) is 14.4. The number of pyridine rings is 1. The molecule has 4 aromatic rings. The van der Waals surface area contributed by atoms with E-state index in [2.05, 4.69) is 9.71 Å². The summed E-state index contributed by atoms with van der Waals surface area (Å²) in [6.45, 7) is 1.91. The summed E-state index contributed by atoms with van der Waals surface area (Å²) in [6, 6.07) is 20.6. The first kappa shape index (κ1) is 20.2. The topological polar surface area (TPSA) is 80.5 Å². The number of nitrogens with zero attached hydrogens (tertiary/aromatic N) is 2. The highest BCUT2D eigenvalue weighted by Crippen LogP contribution is 2.31. The molecule has 2 heterocycles. The van der Waals surface area contributed by atoms with Crippen molar-refractivity contribution in [3.63, 3.8) is 0 Å². The zero-order valence-corrected chi connectivity index (χ0v) is 17.8. The van der Waals surface area contributed by atoms with E-state index in [1.807, 2.05) is 31.2 Å². The van der Waals surface area contributed by atoms with Gasteiger partial charge in [0.2, 0.25) is 0 Å². The minimum atomic E-state index is -3.69. The number of thioether (sulfide) groups is 1. The van der Waals surface area contributed by atoms with Gasteiger partial charge < -0.3 is 0 Å². The summed E-state index contributed by atoms with van der Waals surface area (Å²) in [5.41, 5.74) is 2.52. The molecular formula is C22H19N3O3S2. The predicted molar refractivity (Wildman–Crippen MR) is 119 cm³/mol. The summed E-state index contributed by atoms with van der Waals surface area (Å²) in [7, 11) is -3.69. The lowest BCUT2D eigenvalue weighted by Crippen LogP contribution is -2.16. The van der Waals surface area contributed by atoms with Crippen molar-refractivity contribution in [3.8, 4) is 0 Å². The fraction of sp³-hybridized carbons (Fsp3) is 0.0909. The summed E-state index contributed by atoms with van der Waals surface area (Å²) < 4.78 is 29.5. The zero-order chi connectivity index (χ0) is 21.1. The van der Waals surface area contributed by atoms with E-state index in [1.54, 1.807) is 48.7 Å². The van der Waals surface area contributed by atoms with E-state index in [0.717, 1.165) is 10.5 Å². The largest absolute Gasteiger partial charge is 0.278 e. The standard InChI is InChI=1S/C22H19N3O3S2/c1-16-8-7-13-25-21(26)14-17(23-22(16)25)15-29-20-12-6-5-11-19(20)24-30(27,28)18-9-3-2-4-10-18/h2-14,24H,15H2,1H3. The van der Waals surface area contributed by atoms with Crippen molar-refractivity contribution in [1.29, 1.82) is 0 Å². The SMILES string of the molecule is Cc1cccn2c(=O)cc(CSc3ccccc3NS(=O)(=O)c3ccccc3)nc12. The molecule has 0 aliphatic heterocycles. The van der Waals surface area contributed by atoms with Crippen LogP contribution in [0.1, 0.15) is 11.3 Å². The summed E-state index contributed by atoms with van der Waals surface area (Å²) in [6.07, 6.45) is 1.70. The van der Waals surface area contributed by atoms with Gasteiger partial charge in [0.25, 0.3) is 15.6 Å². The van der Waals surface area contributed by atoms with Gasteiger partial charge >= 0.3 is 0 Å². The van der Waals surface area contributed by atoms with Gasteiger partial charge in [-0.25, -0.2) is 13.4 Å². The second-order valence-corrected chi connectivity index (χ2v) is 9.37. The molecule has 0 aliphatic rings. The maximum Gasteiger partial charge on any atom is 0.261 e. The van der Waals surface area contributed by atoms with Gasteiger partial charge in [-0.05, 0) is 42.8 Å². The van der Waals surface area contributed by atoms with Crippen LogP contribution in [-0.4, -0.2) is 17.8 Å². The Bertz CT molecular complexity index is 1370. The highest BCUT2D eigenvalue weighted by Gasteiger charge is 2.16. The second kappa shape index (κ2) is 8.33. The van der Waals surface area contributed by atoms with Gasteiger partial charge in [0.05, 0.1) is 16.3 Å². The van der Waals surface area contributed by atoms with E-state index in [1.165, 1.54) is 22.2 Å². The molecule has 30 heavy (non-hydrogen) atoms. The number of benzene rings is 2. The first-order valence-electron chi connectivity index (χ1n) is 9.22. The molecule has 0 spiro atoms. The van der Waals surface area contributed by atoms with Gasteiger partial charge in [-0.3, -0.25) is 13.9 Å². The molecule has 152 valence electrons. The Hall–Kier alpha value is -3.10. The predicted octanol–water partition coefficient (Wildman–Crippen LogP) is 4.10. The lowest BCUT2D eigenvalue weighted by atomic mass is 10.3. The Morgan fingerprint density at radius 1 is 1.00 bits per heavy atom. The maximum atomic E-state index is 12.7. The van der Waals surface area contributed by atoms with Crippen LogP contribution in [0.25, 0.3) is 5.65 Å². The summed E-state index contributed by atoms with van der Waals surface area (Å²) in [5, 5.41) is 0. The van der Waals surface area contributed by atoms with Crippen LogP contribution >= 0.6 is 11.8 Å². The van der Waals surface area contributed by atoms with Gasteiger partial charge in [-0.2, -0.15) is 0 Å². The van der Waals surface area contributed by atoms with Crippen molar-refractivity contribution in [2.45, 2.75) is 22.5 Å². The fourth-order valence-corrected chi connectivity index (χ4v) is 5.08. The molecule has 2 aromatic heterocycles. The molecule has 0 aliphatic carbocycles. The van der Waals surface area contributed by atoms with E-state index in [-0.39, 0.29) is 10.5 Å². The number of hydrogen-bond donors (Lipinski definition) is 1. The van der Waals surface area contributed by atoms with Crippen LogP contribution < -0.4 is 10.3 Å². The Balaban J connectivity index is 1.59. The Morgan fingerprint density at radius 2 is 1.73 bits per heavy atom. The molecule has 0 amide bonds. The van der Waals surface area contributed by atoms with Crippen molar-refractivity contribution in [2.24, 2.45) is 0 Å². The number of aromatic nitrogens is 2. The van der Waals surface area contributed by atoms with Gasteiger partial charge in [-0.15, -0.1) is 11.8 Å². The molecule has 0 atom stereocenters. The third-order valence-electron chi connectivity index (χ3n) is 4.50. The summed E-state index contributed by atoms with van der Waals surface area (Å²) in [4.78, 5) is 18.0. The van der Waals surface area contributed by atoms with Crippen LogP contribution in [0.2, 0.25) is 0 Å². The van der Waals surface area contributed by atoms with Crippen LogP contribution in [-0.2, 0) is 15.8 Å². The van der Waals surface area contributed by atoms with Crippen molar-refractivity contribution >= 4 is 33.1 Å². The molecule has 4 rings (SSSR count). The summed E-state index contributed by atoms with van der Waals surface area (Å²) in [5.74, 6) is 0.435. The fourth-order valence-electron chi connectivity index (χ4n) is 3.01. The minimum absolute atomic E-state index is 0.141.